The average molecular weight is 415 g/mol. The maximum absolute atomic E-state index is 12.5. The van der Waals surface area contributed by atoms with Gasteiger partial charge in [-0.3, -0.25) is 4.79 Å². The van der Waals surface area contributed by atoms with Crippen molar-refractivity contribution in [2.24, 2.45) is 0 Å². The van der Waals surface area contributed by atoms with E-state index < -0.39 is 0 Å². The first kappa shape index (κ1) is 19.4. The number of likely N-dealkylation sites (tertiary alicyclic amines) is 1. The number of amides is 1. The first-order chi connectivity index (χ1) is 13.6. The molecule has 1 fully saturated rings. The number of halogens is 1. The lowest BCUT2D eigenvalue weighted by atomic mass is 9.97. The zero-order chi connectivity index (χ0) is 19.5. The van der Waals surface area contributed by atoms with Crippen LogP contribution in [0.15, 0.2) is 48.5 Å². The third-order valence-electron chi connectivity index (χ3n) is 5.51. The molecule has 2 N–H and O–H groups in total. The van der Waals surface area contributed by atoms with E-state index in [1.54, 1.807) is 0 Å². The minimum Gasteiger partial charge on any atom is -0.345 e. The molecule has 0 radical (unpaired) electrons. The smallest absolute Gasteiger partial charge is 0.275 e. The lowest BCUT2D eigenvalue weighted by molar-refractivity contribution is -0.897. The van der Waals surface area contributed by atoms with Gasteiger partial charge >= 0.3 is 0 Å². The van der Waals surface area contributed by atoms with Gasteiger partial charge in [-0.1, -0.05) is 41.9 Å². The van der Waals surface area contributed by atoms with E-state index in [9.17, 15) is 4.79 Å². The Morgan fingerprint density at radius 1 is 1.21 bits per heavy atom. The van der Waals surface area contributed by atoms with Crippen molar-refractivity contribution in [2.75, 3.05) is 19.6 Å². The number of thiazole rings is 1. The number of quaternary nitrogens is 1. The number of rotatable bonds is 5. The molecule has 1 saturated heterocycles. The van der Waals surface area contributed by atoms with Gasteiger partial charge in [0.05, 0.1) is 34.4 Å². The van der Waals surface area contributed by atoms with Crippen LogP contribution in [0.5, 0.6) is 0 Å². The molecule has 3 aromatic rings. The minimum absolute atomic E-state index is 0.0825. The van der Waals surface area contributed by atoms with Crippen molar-refractivity contribution < 1.29 is 9.69 Å². The van der Waals surface area contributed by atoms with Gasteiger partial charge in [0.1, 0.15) is 0 Å². The zero-order valence-corrected chi connectivity index (χ0v) is 17.5. The summed E-state index contributed by atoms with van der Waals surface area (Å²) < 4.78 is 1.26. The lowest BCUT2D eigenvalue weighted by Gasteiger charge is -2.28. The van der Waals surface area contributed by atoms with Crippen LogP contribution in [0.3, 0.4) is 0 Å². The molecule has 1 amide bonds. The summed E-state index contributed by atoms with van der Waals surface area (Å²) in [5, 5.41) is 5.03. The Hall–Kier alpha value is -1.95. The van der Waals surface area contributed by atoms with Crippen LogP contribution in [0.25, 0.3) is 10.2 Å². The number of aromatic nitrogens is 1. The number of hydrogen-bond acceptors (Lipinski definition) is 3. The molecule has 6 heteroatoms. The third-order valence-corrected chi connectivity index (χ3v) is 7.06. The van der Waals surface area contributed by atoms with E-state index in [2.05, 4.69) is 23.5 Å². The van der Waals surface area contributed by atoms with Gasteiger partial charge in [0.2, 0.25) is 0 Å². The largest absolute Gasteiger partial charge is 0.345 e. The molecule has 2 heterocycles. The second kappa shape index (κ2) is 8.60. The summed E-state index contributed by atoms with van der Waals surface area (Å²) in [4.78, 5) is 18.7. The highest BCUT2D eigenvalue weighted by molar-refractivity contribution is 7.18. The Morgan fingerprint density at radius 3 is 2.68 bits per heavy atom. The summed E-state index contributed by atoms with van der Waals surface area (Å²) in [5.74, 6) is 0.604. The molecule has 1 aliphatic heterocycles. The summed E-state index contributed by atoms with van der Waals surface area (Å²) in [6.07, 6.45) is 2.17. The molecular weight excluding hydrogens is 390 g/mol. The highest BCUT2D eigenvalue weighted by Crippen LogP contribution is 2.31. The molecule has 0 aliphatic carbocycles. The molecule has 0 spiro atoms. The molecule has 146 valence electrons. The third kappa shape index (κ3) is 4.37. The van der Waals surface area contributed by atoms with Crippen molar-refractivity contribution in [1.82, 2.24) is 10.3 Å². The molecule has 4 rings (SSSR count). The van der Waals surface area contributed by atoms with Gasteiger partial charge in [-0.15, -0.1) is 11.3 Å². The molecule has 1 atom stereocenters. The second-order valence-corrected chi connectivity index (χ2v) is 9.00. The summed E-state index contributed by atoms with van der Waals surface area (Å²) in [5.41, 5.74) is 2.06. The first-order valence-corrected chi connectivity index (χ1v) is 11.0. The van der Waals surface area contributed by atoms with Crippen molar-refractivity contribution in [3.63, 3.8) is 0 Å². The van der Waals surface area contributed by atoms with Crippen molar-refractivity contribution in [1.29, 1.82) is 0 Å². The Bertz CT molecular complexity index is 932. The number of nitrogens with one attached hydrogen (secondary N) is 2. The number of hydrogen-bond donors (Lipinski definition) is 2. The fourth-order valence-electron chi connectivity index (χ4n) is 3.94. The second-order valence-electron chi connectivity index (χ2n) is 7.53. The summed E-state index contributed by atoms with van der Waals surface area (Å²) in [6, 6.07) is 15.9. The van der Waals surface area contributed by atoms with E-state index in [1.807, 2.05) is 48.6 Å². The van der Waals surface area contributed by atoms with Crippen LogP contribution in [0, 0.1) is 0 Å². The van der Waals surface area contributed by atoms with E-state index in [4.69, 9.17) is 16.6 Å². The van der Waals surface area contributed by atoms with Crippen molar-refractivity contribution >= 4 is 39.1 Å². The monoisotopic (exact) mass is 414 g/mol. The molecule has 0 saturated carbocycles. The standard InChI is InChI=1S/C22H24ClN3OS/c1-15(17-6-2-3-7-18(17)23)24-21(27)14-26-12-10-16(11-13-26)22-25-19-8-4-5-9-20(19)28-22/h2-9,15-16H,10-14H2,1H3,(H,24,27)/p+1/t15-/m1/s1. The van der Waals surface area contributed by atoms with E-state index in [0.29, 0.717) is 17.5 Å². The summed E-state index contributed by atoms with van der Waals surface area (Å²) >= 11 is 8.05. The Morgan fingerprint density at radius 2 is 1.93 bits per heavy atom. The van der Waals surface area contributed by atoms with Crippen molar-refractivity contribution in [2.45, 2.75) is 31.7 Å². The number of nitrogens with zero attached hydrogens (tertiary/aromatic N) is 1. The van der Waals surface area contributed by atoms with Gasteiger partial charge in [0, 0.05) is 23.8 Å². The van der Waals surface area contributed by atoms with E-state index in [1.165, 1.54) is 14.6 Å². The maximum atomic E-state index is 12.5. The fourth-order valence-corrected chi connectivity index (χ4v) is 5.37. The molecular formula is C22H25ClN3OS+. The lowest BCUT2D eigenvalue weighted by Crippen LogP contribution is -3.14. The Kier molecular flexibility index (Phi) is 5.95. The number of carbonyl (C=O) groups is 1. The maximum Gasteiger partial charge on any atom is 0.275 e. The predicted molar refractivity (Wildman–Crippen MR) is 115 cm³/mol. The van der Waals surface area contributed by atoms with Gasteiger partial charge in [-0.05, 0) is 30.7 Å². The van der Waals surface area contributed by atoms with Gasteiger partial charge in [-0.25, -0.2) is 4.98 Å². The van der Waals surface area contributed by atoms with Crippen molar-refractivity contribution in [3.05, 3.63) is 64.1 Å². The van der Waals surface area contributed by atoms with Gasteiger partial charge in [0.15, 0.2) is 6.54 Å². The molecule has 1 aliphatic rings. The van der Waals surface area contributed by atoms with Crippen molar-refractivity contribution in [3.8, 4) is 0 Å². The molecule has 2 aromatic carbocycles. The molecule has 4 nitrogen and oxygen atoms in total. The van der Waals surface area contributed by atoms with E-state index >= 15 is 0 Å². The highest BCUT2D eigenvalue weighted by atomic mass is 35.5. The molecule has 0 bridgehead atoms. The van der Waals surface area contributed by atoms with Crippen LogP contribution >= 0.6 is 22.9 Å². The summed E-state index contributed by atoms with van der Waals surface area (Å²) in [6.45, 7) is 4.51. The quantitative estimate of drug-likeness (QED) is 0.670. The topological polar surface area (TPSA) is 46.4 Å². The average Bonchev–Trinajstić information content (AvgIpc) is 3.13. The number of para-hydroxylation sites is 1. The van der Waals surface area contributed by atoms with Crippen LogP contribution in [0.4, 0.5) is 0 Å². The Balaban J connectivity index is 1.29. The zero-order valence-electron chi connectivity index (χ0n) is 16.0. The number of piperidine rings is 1. The van der Waals surface area contributed by atoms with Gasteiger partial charge in [0.25, 0.3) is 5.91 Å². The van der Waals surface area contributed by atoms with Crippen LogP contribution in [0.2, 0.25) is 5.02 Å². The van der Waals surface area contributed by atoms with E-state index in [-0.39, 0.29) is 11.9 Å². The molecule has 0 unspecified atom stereocenters. The SMILES string of the molecule is C[C@@H](NC(=O)C[NH+]1CCC(c2nc3ccccc3s2)CC1)c1ccccc1Cl. The van der Waals surface area contributed by atoms with Crippen LogP contribution in [-0.4, -0.2) is 30.5 Å². The highest BCUT2D eigenvalue weighted by Gasteiger charge is 2.27. The fraction of sp³-hybridized carbons (Fsp3) is 0.364. The predicted octanol–water partition coefficient (Wildman–Crippen LogP) is 3.59. The van der Waals surface area contributed by atoms with Crippen LogP contribution in [0.1, 0.15) is 42.3 Å². The van der Waals surface area contributed by atoms with Gasteiger partial charge < -0.3 is 10.2 Å². The first-order valence-electron chi connectivity index (χ1n) is 9.83. The van der Waals surface area contributed by atoms with Crippen LogP contribution < -0.4 is 10.2 Å². The van der Waals surface area contributed by atoms with E-state index in [0.717, 1.165) is 37.0 Å². The number of carbonyl (C=O) groups excluding carboxylic acids is 1. The normalized spacial score (nSPS) is 20.8. The number of fused-ring (bicyclic) bond motifs is 1. The number of benzene rings is 2. The van der Waals surface area contributed by atoms with Crippen LogP contribution in [-0.2, 0) is 4.79 Å². The molecule has 1 aromatic heterocycles. The Labute approximate surface area is 174 Å². The minimum atomic E-state index is -0.0825. The molecule has 28 heavy (non-hydrogen) atoms. The summed E-state index contributed by atoms with van der Waals surface area (Å²) in [7, 11) is 0. The van der Waals surface area contributed by atoms with Gasteiger partial charge in [-0.2, -0.15) is 0 Å².